The number of hydrogen-bond acceptors (Lipinski definition) is 3. The molecule has 1 saturated heterocycles. The molecule has 1 aliphatic heterocycles. The first-order valence-corrected chi connectivity index (χ1v) is 7.42. The van der Waals surface area contributed by atoms with E-state index in [1.54, 1.807) is 0 Å². The zero-order chi connectivity index (χ0) is 11.5. The zero-order valence-corrected chi connectivity index (χ0v) is 12.3. The van der Waals surface area contributed by atoms with Gasteiger partial charge in [0, 0.05) is 24.0 Å². The minimum atomic E-state index is 0.678. The first-order valence-electron chi connectivity index (χ1n) is 5.81. The molecule has 0 radical (unpaired) electrons. The number of halogens is 1. The van der Waals surface area contributed by atoms with Gasteiger partial charge in [0.25, 0.3) is 0 Å². The molecule has 0 spiro atoms. The average molecular weight is 303 g/mol. The Kier molecular flexibility index (Phi) is 4.41. The van der Waals surface area contributed by atoms with Crippen LogP contribution in [-0.4, -0.2) is 31.1 Å². The van der Waals surface area contributed by atoms with Gasteiger partial charge in [0.1, 0.15) is 0 Å². The fourth-order valence-electron chi connectivity index (χ4n) is 2.34. The van der Waals surface area contributed by atoms with Crippen molar-refractivity contribution < 1.29 is 0 Å². The highest BCUT2D eigenvalue weighted by Crippen LogP contribution is 2.23. The molecule has 1 N–H and O–H groups in total. The first kappa shape index (κ1) is 12.6. The highest BCUT2D eigenvalue weighted by atomic mass is 79.9. The standard InChI is InChI=1S/C12H19BrN2S/c1-9-8-15(2)6-5-11(9)14-7-10-3-4-12(13)16-10/h3-4,9,11,14H,5-8H2,1-2H3. The number of thiophene rings is 1. The van der Waals surface area contributed by atoms with E-state index in [1.807, 2.05) is 11.3 Å². The van der Waals surface area contributed by atoms with Crippen LogP contribution in [0.15, 0.2) is 15.9 Å². The van der Waals surface area contributed by atoms with Crippen LogP contribution in [0.4, 0.5) is 0 Å². The summed E-state index contributed by atoms with van der Waals surface area (Å²) >= 11 is 5.32. The molecular formula is C12H19BrN2S. The van der Waals surface area contributed by atoms with Crippen LogP contribution in [0.3, 0.4) is 0 Å². The molecule has 0 bridgehead atoms. The fourth-order valence-corrected chi connectivity index (χ4v) is 3.77. The van der Waals surface area contributed by atoms with Crippen molar-refractivity contribution in [3.05, 3.63) is 20.8 Å². The molecule has 1 aliphatic rings. The first-order chi connectivity index (χ1) is 7.65. The summed E-state index contributed by atoms with van der Waals surface area (Å²) in [7, 11) is 2.21. The van der Waals surface area contributed by atoms with Gasteiger partial charge < -0.3 is 10.2 Å². The van der Waals surface area contributed by atoms with Crippen LogP contribution in [0, 0.1) is 5.92 Å². The van der Waals surface area contributed by atoms with Crippen molar-refractivity contribution in [3.63, 3.8) is 0 Å². The SMILES string of the molecule is CC1CN(C)CCC1NCc1ccc(Br)s1. The third-order valence-corrected chi connectivity index (χ3v) is 4.90. The maximum atomic E-state index is 3.68. The third kappa shape index (κ3) is 3.29. The Morgan fingerprint density at radius 3 is 3.00 bits per heavy atom. The maximum Gasteiger partial charge on any atom is 0.0701 e. The summed E-state index contributed by atoms with van der Waals surface area (Å²) in [5.41, 5.74) is 0. The van der Waals surface area contributed by atoms with Crippen molar-refractivity contribution in [2.75, 3.05) is 20.1 Å². The number of rotatable bonds is 3. The Morgan fingerprint density at radius 1 is 1.56 bits per heavy atom. The molecule has 1 aromatic rings. The summed E-state index contributed by atoms with van der Waals surface area (Å²) in [5.74, 6) is 0.752. The molecule has 0 saturated carbocycles. The van der Waals surface area contributed by atoms with E-state index in [1.165, 1.54) is 28.2 Å². The second-order valence-corrected chi connectivity index (χ2v) is 7.27. The molecule has 0 amide bonds. The number of likely N-dealkylation sites (tertiary alicyclic amines) is 1. The van der Waals surface area contributed by atoms with E-state index in [2.05, 4.69) is 52.3 Å². The van der Waals surface area contributed by atoms with E-state index in [-0.39, 0.29) is 0 Å². The van der Waals surface area contributed by atoms with E-state index >= 15 is 0 Å². The van der Waals surface area contributed by atoms with Crippen molar-refractivity contribution in [1.82, 2.24) is 10.2 Å². The molecular weight excluding hydrogens is 284 g/mol. The minimum absolute atomic E-state index is 0.678. The molecule has 2 nitrogen and oxygen atoms in total. The van der Waals surface area contributed by atoms with Gasteiger partial charge in [-0.1, -0.05) is 6.92 Å². The number of piperidine rings is 1. The molecule has 1 aromatic heterocycles. The minimum Gasteiger partial charge on any atom is -0.309 e. The van der Waals surface area contributed by atoms with E-state index in [0.29, 0.717) is 6.04 Å². The van der Waals surface area contributed by atoms with E-state index in [4.69, 9.17) is 0 Å². The van der Waals surface area contributed by atoms with Gasteiger partial charge in [0.15, 0.2) is 0 Å². The fraction of sp³-hybridized carbons (Fsp3) is 0.667. The number of nitrogens with one attached hydrogen (secondary N) is 1. The lowest BCUT2D eigenvalue weighted by molar-refractivity contribution is 0.174. The lowest BCUT2D eigenvalue weighted by Crippen LogP contribution is -2.46. The highest BCUT2D eigenvalue weighted by molar-refractivity contribution is 9.11. The molecule has 90 valence electrons. The average Bonchev–Trinajstić information content (AvgIpc) is 2.63. The summed E-state index contributed by atoms with van der Waals surface area (Å²) in [5, 5.41) is 3.68. The molecule has 4 heteroatoms. The van der Waals surface area contributed by atoms with Crippen LogP contribution in [-0.2, 0) is 6.54 Å². The van der Waals surface area contributed by atoms with Crippen molar-refractivity contribution in [2.24, 2.45) is 5.92 Å². The molecule has 1 fully saturated rings. The van der Waals surface area contributed by atoms with Gasteiger partial charge in [-0.2, -0.15) is 0 Å². The number of hydrogen-bond donors (Lipinski definition) is 1. The molecule has 2 atom stereocenters. The van der Waals surface area contributed by atoms with E-state index in [0.717, 1.165) is 12.5 Å². The Hall–Kier alpha value is 0.1000. The maximum absolute atomic E-state index is 3.68. The number of nitrogens with zero attached hydrogens (tertiary/aromatic N) is 1. The van der Waals surface area contributed by atoms with Crippen LogP contribution in [0.1, 0.15) is 18.2 Å². The summed E-state index contributed by atoms with van der Waals surface area (Å²) in [6, 6.07) is 5.00. The summed E-state index contributed by atoms with van der Waals surface area (Å²) in [6.45, 7) is 5.79. The van der Waals surface area contributed by atoms with Gasteiger partial charge in [-0.25, -0.2) is 0 Å². The molecule has 0 aromatic carbocycles. The Balaban J connectivity index is 1.81. The monoisotopic (exact) mass is 302 g/mol. The van der Waals surface area contributed by atoms with Gasteiger partial charge in [-0.05, 0) is 54.0 Å². The smallest absolute Gasteiger partial charge is 0.0701 e. The van der Waals surface area contributed by atoms with Crippen molar-refractivity contribution in [2.45, 2.75) is 25.9 Å². The quantitative estimate of drug-likeness (QED) is 0.923. The Morgan fingerprint density at radius 2 is 2.38 bits per heavy atom. The van der Waals surface area contributed by atoms with Gasteiger partial charge in [0.2, 0.25) is 0 Å². The lowest BCUT2D eigenvalue weighted by atomic mass is 9.94. The molecule has 0 aliphatic carbocycles. The van der Waals surface area contributed by atoms with E-state index in [9.17, 15) is 0 Å². The predicted molar refractivity (Wildman–Crippen MR) is 73.9 cm³/mol. The molecule has 2 unspecified atom stereocenters. The van der Waals surface area contributed by atoms with Gasteiger partial charge in [-0.15, -0.1) is 11.3 Å². The van der Waals surface area contributed by atoms with E-state index < -0.39 is 0 Å². The van der Waals surface area contributed by atoms with Gasteiger partial charge in [-0.3, -0.25) is 0 Å². The topological polar surface area (TPSA) is 15.3 Å². The second-order valence-electron chi connectivity index (χ2n) is 4.72. The lowest BCUT2D eigenvalue weighted by Gasteiger charge is -2.35. The van der Waals surface area contributed by atoms with Crippen LogP contribution in [0.25, 0.3) is 0 Å². The van der Waals surface area contributed by atoms with Crippen molar-refractivity contribution in [1.29, 1.82) is 0 Å². The van der Waals surface area contributed by atoms with Crippen LogP contribution < -0.4 is 5.32 Å². The summed E-state index contributed by atoms with van der Waals surface area (Å²) in [4.78, 5) is 3.84. The molecule has 2 heterocycles. The van der Waals surface area contributed by atoms with Crippen LogP contribution >= 0.6 is 27.3 Å². The van der Waals surface area contributed by atoms with Crippen LogP contribution in [0.5, 0.6) is 0 Å². The normalized spacial score (nSPS) is 27.2. The Bertz CT molecular complexity index is 340. The zero-order valence-electron chi connectivity index (χ0n) is 9.87. The van der Waals surface area contributed by atoms with Crippen LogP contribution in [0.2, 0.25) is 0 Å². The second kappa shape index (κ2) is 5.63. The van der Waals surface area contributed by atoms with Crippen molar-refractivity contribution >= 4 is 27.3 Å². The Labute approximate surface area is 110 Å². The summed E-state index contributed by atoms with van der Waals surface area (Å²) in [6.07, 6.45) is 1.27. The van der Waals surface area contributed by atoms with Crippen molar-refractivity contribution in [3.8, 4) is 0 Å². The summed E-state index contributed by atoms with van der Waals surface area (Å²) < 4.78 is 1.22. The largest absolute Gasteiger partial charge is 0.309 e. The van der Waals surface area contributed by atoms with Gasteiger partial charge in [0.05, 0.1) is 3.79 Å². The highest BCUT2D eigenvalue weighted by Gasteiger charge is 2.23. The third-order valence-electron chi connectivity index (χ3n) is 3.28. The molecule has 16 heavy (non-hydrogen) atoms. The molecule has 2 rings (SSSR count). The predicted octanol–water partition coefficient (Wildman–Crippen LogP) is 2.94. The van der Waals surface area contributed by atoms with Gasteiger partial charge >= 0.3 is 0 Å².